The average Bonchev–Trinajstić information content (AvgIpc) is 2.61. The van der Waals surface area contributed by atoms with Crippen molar-refractivity contribution in [3.63, 3.8) is 0 Å². The predicted molar refractivity (Wildman–Crippen MR) is 64.3 cm³/mol. The summed E-state index contributed by atoms with van der Waals surface area (Å²) in [6, 6.07) is 7.42. The summed E-state index contributed by atoms with van der Waals surface area (Å²) in [6.45, 7) is 5.94. The molecule has 1 fully saturated rings. The third-order valence-electron chi connectivity index (χ3n) is 2.31. The van der Waals surface area contributed by atoms with Crippen molar-refractivity contribution in [3.05, 3.63) is 29.8 Å². The van der Waals surface area contributed by atoms with Crippen LogP contribution in [0.5, 0.6) is 0 Å². The summed E-state index contributed by atoms with van der Waals surface area (Å²) in [5.74, 6) is -0.193. The summed E-state index contributed by atoms with van der Waals surface area (Å²) in [4.78, 5) is 24.1. The first kappa shape index (κ1) is 12.4. The lowest BCUT2D eigenvalue weighted by Gasteiger charge is -2.13. The smallest absolute Gasteiger partial charge is 0.234 e. The Kier molecular flexibility index (Phi) is 4.23. The van der Waals surface area contributed by atoms with E-state index in [4.69, 9.17) is 0 Å². The number of hydrogen-bond donors (Lipinski definition) is 0. The fraction of sp³-hybridized carbons (Fsp3) is 0.385. The number of carbonyl (C=O) groups excluding carboxylic acids is 2. The number of anilines is 1. The van der Waals surface area contributed by atoms with E-state index in [9.17, 15) is 9.59 Å². The van der Waals surface area contributed by atoms with Crippen molar-refractivity contribution in [2.24, 2.45) is 0 Å². The number of imide groups is 1. The number of carbonyl (C=O) groups is 2. The maximum atomic E-state index is 11.4. The minimum Gasteiger partial charge on any atom is -0.274 e. The summed E-state index contributed by atoms with van der Waals surface area (Å²) >= 11 is 0. The molecule has 3 nitrogen and oxygen atoms in total. The highest BCUT2D eigenvalue weighted by Gasteiger charge is 2.29. The maximum absolute atomic E-state index is 11.4. The molecule has 16 heavy (non-hydrogen) atoms. The fourth-order valence-electron chi connectivity index (χ4n) is 1.63. The van der Waals surface area contributed by atoms with Crippen molar-refractivity contribution in [1.82, 2.24) is 0 Å². The average molecular weight is 219 g/mol. The first-order chi connectivity index (χ1) is 7.68. The summed E-state index contributed by atoms with van der Waals surface area (Å²) in [6.07, 6.45) is 0.680. The van der Waals surface area contributed by atoms with Gasteiger partial charge in [0.1, 0.15) is 0 Å². The van der Waals surface area contributed by atoms with Crippen LogP contribution in [0.2, 0.25) is 0 Å². The van der Waals surface area contributed by atoms with Gasteiger partial charge in [0.25, 0.3) is 0 Å². The van der Waals surface area contributed by atoms with Crippen molar-refractivity contribution in [2.45, 2.75) is 33.6 Å². The van der Waals surface area contributed by atoms with Crippen LogP contribution in [0.3, 0.4) is 0 Å². The summed E-state index contributed by atoms with van der Waals surface area (Å²) < 4.78 is 0. The van der Waals surface area contributed by atoms with Crippen molar-refractivity contribution >= 4 is 17.5 Å². The summed E-state index contributed by atoms with van der Waals surface area (Å²) in [5.41, 5.74) is 1.74. The lowest BCUT2D eigenvalue weighted by molar-refractivity contribution is -0.121. The number of benzene rings is 1. The minimum atomic E-state index is -0.0967. The van der Waals surface area contributed by atoms with Crippen LogP contribution in [-0.4, -0.2) is 11.8 Å². The molecule has 2 rings (SSSR count). The zero-order valence-electron chi connectivity index (χ0n) is 9.99. The van der Waals surface area contributed by atoms with Gasteiger partial charge in [0, 0.05) is 12.8 Å². The van der Waals surface area contributed by atoms with Gasteiger partial charge in [0.15, 0.2) is 0 Å². The minimum absolute atomic E-state index is 0.0967. The van der Waals surface area contributed by atoms with Crippen LogP contribution in [0.25, 0.3) is 0 Å². The Balaban J connectivity index is 0.000000606. The number of rotatable bonds is 1. The van der Waals surface area contributed by atoms with Crippen LogP contribution in [0.15, 0.2) is 24.3 Å². The molecule has 1 aromatic carbocycles. The van der Waals surface area contributed by atoms with E-state index in [2.05, 4.69) is 0 Å². The van der Waals surface area contributed by atoms with Crippen molar-refractivity contribution in [2.75, 3.05) is 4.90 Å². The Hall–Kier alpha value is -1.64. The van der Waals surface area contributed by atoms with Gasteiger partial charge in [-0.05, 0) is 24.6 Å². The number of hydrogen-bond acceptors (Lipinski definition) is 2. The molecule has 0 N–H and O–H groups in total. The normalized spacial score (nSPS) is 14.8. The molecule has 0 aliphatic carbocycles. The second-order valence-corrected chi connectivity index (χ2v) is 3.46. The lowest BCUT2D eigenvalue weighted by atomic mass is 10.2. The van der Waals surface area contributed by atoms with E-state index in [0.717, 1.165) is 5.56 Å². The Morgan fingerprint density at radius 3 is 2.12 bits per heavy atom. The summed E-state index contributed by atoms with van der Waals surface area (Å²) in [5, 5.41) is 0. The molecule has 0 spiro atoms. The van der Waals surface area contributed by atoms with Gasteiger partial charge in [-0.1, -0.05) is 26.0 Å². The molecule has 3 heteroatoms. The van der Waals surface area contributed by atoms with Crippen LogP contribution >= 0.6 is 0 Å². The van der Waals surface area contributed by atoms with E-state index in [0.29, 0.717) is 18.5 Å². The zero-order valence-corrected chi connectivity index (χ0v) is 9.99. The van der Waals surface area contributed by atoms with E-state index in [1.807, 2.05) is 39.0 Å². The van der Waals surface area contributed by atoms with Gasteiger partial charge < -0.3 is 0 Å². The zero-order chi connectivity index (χ0) is 12.1. The van der Waals surface area contributed by atoms with Gasteiger partial charge >= 0.3 is 0 Å². The van der Waals surface area contributed by atoms with Gasteiger partial charge in [-0.15, -0.1) is 0 Å². The third-order valence-corrected chi connectivity index (χ3v) is 2.31. The molecule has 1 aliphatic rings. The van der Waals surface area contributed by atoms with Gasteiger partial charge in [-0.2, -0.15) is 0 Å². The highest BCUT2D eigenvalue weighted by molar-refractivity contribution is 6.19. The Labute approximate surface area is 96.1 Å². The first-order valence-electron chi connectivity index (χ1n) is 5.61. The highest BCUT2D eigenvalue weighted by atomic mass is 16.2. The molecule has 1 saturated heterocycles. The highest BCUT2D eigenvalue weighted by Crippen LogP contribution is 2.22. The first-order valence-corrected chi connectivity index (χ1v) is 5.61. The number of amides is 2. The maximum Gasteiger partial charge on any atom is 0.234 e. The van der Waals surface area contributed by atoms with Crippen molar-refractivity contribution in [1.29, 1.82) is 0 Å². The predicted octanol–water partition coefficient (Wildman–Crippen LogP) is 2.67. The van der Waals surface area contributed by atoms with Gasteiger partial charge in [0.2, 0.25) is 11.8 Å². The summed E-state index contributed by atoms with van der Waals surface area (Å²) in [7, 11) is 0. The fourth-order valence-corrected chi connectivity index (χ4v) is 1.63. The van der Waals surface area contributed by atoms with E-state index in [1.54, 1.807) is 6.07 Å². The van der Waals surface area contributed by atoms with Crippen molar-refractivity contribution < 1.29 is 9.59 Å². The molecule has 1 aromatic rings. The molecule has 1 heterocycles. The Morgan fingerprint density at radius 2 is 1.62 bits per heavy atom. The monoisotopic (exact) mass is 219 g/mol. The second-order valence-electron chi connectivity index (χ2n) is 3.46. The van der Waals surface area contributed by atoms with Crippen molar-refractivity contribution in [3.8, 4) is 0 Å². The number of nitrogens with zero attached hydrogens (tertiary/aromatic N) is 1. The SMILES string of the molecule is CC.Cc1cccc(N2C(=O)CCC2=O)c1. The lowest BCUT2D eigenvalue weighted by Crippen LogP contribution is -2.28. The van der Waals surface area contributed by atoms with E-state index >= 15 is 0 Å². The Bertz CT molecular complexity index is 383. The molecule has 0 unspecified atom stereocenters. The van der Waals surface area contributed by atoms with Crippen LogP contribution in [0, 0.1) is 6.92 Å². The molecule has 0 saturated carbocycles. The van der Waals surface area contributed by atoms with E-state index in [-0.39, 0.29) is 11.8 Å². The number of aryl methyl sites for hydroxylation is 1. The molecule has 0 radical (unpaired) electrons. The largest absolute Gasteiger partial charge is 0.274 e. The molecule has 86 valence electrons. The van der Waals surface area contributed by atoms with Crippen LogP contribution in [0.4, 0.5) is 5.69 Å². The second kappa shape index (κ2) is 5.45. The Morgan fingerprint density at radius 1 is 1.06 bits per heavy atom. The van der Waals surface area contributed by atoms with Crippen LogP contribution in [0.1, 0.15) is 32.3 Å². The van der Waals surface area contributed by atoms with Crippen LogP contribution in [-0.2, 0) is 9.59 Å². The van der Waals surface area contributed by atoms with Gasteiger partial charge in [-0.25, -0.2) is 0 Å². The van der Waals surface area contributed by atoms with E-state index < -0.39 is 0 Å². The molecule has 2 amide bonds. The van der Waals surface area contributed by atoms with E-state index in [1.165, 1.54) is 4.90 Å². The standard InChI is InChI=1S/C11H11NO2.C2H6/c1-8-3-2-4-9(7-8)12-10(13)5-6-11(12)14;1-2/h2-4,7H,5-6H2,1H3;1-2H3. The van der Waals surface area contributed by atoms with Crippen LogP contribution < -0.4 is 4.90 Å². The topological polar surface area (TPSA) is 37.4 Å². The molecule has 0 bridgehead atoms. The van der Waals surface area contributed by atoms with Gasteiger partial charge in [0.05, 0.1) is 5.69 Å². The molecular weight excluding hydrogens is 202 g/mol. The third kappa shape index (κ3) is 2.48. The van der Waals surface area contributed by atoms with Gasteiger partial charge in [-0.3, -0.25) is 14.5 Å². The molecule has 0 atom stereocenters. The molecule has 0 aromatic heterocycles. The quantitative estimate of drug-likeness (QED) is 0.681. The molecule has 1 aliphatic heterocycles. The molecular formula is C13H17NO2.